The first-order valence-electron chi connectivity index (χ1n) is 8.14. The van der Waals surface area contributed by atoms with Gasteiger partial charge in [-0.1, -0.05) is 42.5 Å². The van der Waals surface area contributed by atoms with E-state index >= 15 is 0 Å². The Morgan fingerprint density at radius 2 is 1.76 bits per heavy atom. The van der Waals surface area contributed by atoms with Crippen LogP contribution in [0.1, 0.15) is 15.9 Å². The minimum atomic E-state index is -0.0786. The van der Waals surface area contributed by atoms with Crippen molar-refractivity contribution in [2.24, 2.45) is 0 Å². The molecule has 4 aromatic rings. The molecule has 0 saturated carbocycles. The molecule has 25 heavy (non-hydrogen) atoms. The summed E-state index contributed by atoms with van der Waals surface area (Å²) in [7, 11) is 0. The summed E-state index contributed by atoms with van der Waals surface area (Å²) in [6.07, 6.45) is 5.33. The first-order valence-corrected chi connectivity index (χ1v) is 8.14. The van der Waals surface area contributed by atoms with Gasteiger partial charge < -0.3 is 9.88 Å². The molecule has 1 amide bonds. The molecule has 1 aromatic heterocycles. The minimum Gasteiger partial charge on any atom is -0.348 e. The fraction of sp³-hybridized carbons (Fsp3) is 0.0476. The number of rotatable bonds is 4. The molecule has 4 rings (SSSR count). The second kappa shape index (κ2) is 6.61. The maximum atomic E-state index is 12.4. The molecule has 4 nitrogen and oxygen atoms in total. The standard InChI is InChI=1S/C21H17N3O/c25-21(17-8-10-19(11-9-17)24-13-12-22-15-24)23-14-18-6-3-5-16-4-1-2-7-20(16)18/h1-13,15H,14H2,(H,23,25). The molecule has 0 radical (unpaired) electrons. The van der Waals surface area contributed by atoms with Crippen LogP contribution in [0.2, 0.25) is 0 Å². The van der Waals surface area contributed by atoms with Gasteiger partial charge in [0, 0.05) is 30.2 Å². The molecule has 0 saturated heterocycles. The summed E-state index contributed by atoms with van der Waals surface area (Å²) in [6.45, 7) is 0.503. The zero-order valence-electron chi connectivity index (χ0n) is 13.6. The fourth-order valence-corrected chi connectivity index (χ4v) is 2.92. The highest BCUT2D eigenvalue weighted by molar-refractivity contribution is 5.94. The highest BCUT2D eigenvalue weighted by atomic mass is 16.1. The molecule has 4 heteroatoms. The van der Waals surface area contributed by atoms with Gasteiger partial charge in [0.25, 0.3) is 5.91 Å². The van der Waals surface area contributed by atoms with E-state index in [-0.39, 0.29) is 5.91 Å². The number of imidazole rings is 1. The van der Waals surface area contributed by atoms with Gasteiger partial charge in [-0.15, -0.1) is 0 Å². The van der Waals surface area contributed by atoms with Gasteiger partial charge >= 0.3 is 0 Å². The quantitative estimate of drug-likeness (QED) is 0.617. The molecule has 0 unspecified atom stereocenters. The van der Waals surface area contributed by atoms with Crippen molar-refractivity contribution in [2.75, 3.05) is 0 Å². The number of benzene rings is 3. The Labute approximate surface area is 145 Å². The molecule has 0 spiro atoms. The third-order valence-corrected chi connectivity index (χ3v) is 4.25. The van der Waals surface area contributed by atoms with Crippen molar-refractivity contribution in [3.63, 3.8) is 0 Å². The van der Waals surface area contributed by atoms with Crippen molar-refractivity contribution in [3.05, 3.63) is 96.6 Å². The molecule has 0 fully saturated rings. The largest absolute Gasteiger partial charge is 0.348 e. The van der Waals surface area contributed by atoms with Crippen LogP contribution in [0.4, 0.5) is 0 Å². The van der Waals surface area contributed by atoms with Gasteiger partial charge in [-0.3, -0.25) is 4.79 Å². The van der Waals surface area contributed by atoms with Crippen LogP contribution in [0, 0.1) is 0 Å². The summed E-state index contributed by atoms with van der Waals surface area (Å²) in [5.74, 6) is -0.0786. The number of aromatic nitrogens is 2. The van der Waals surface area contributed by atoms with Crippen molar-refractivity contribution in [1.82, 2.24) is 14.9 Å². The van der Waals surface area contributed by atoms with Crippen LogP contribution in [-0.2, 0) is 6.54 Å². The molecular formula is C21H17N3O. The number of hydrogen-bond donors (Lipinski definition) is 1. The summed E-state index contributed by atoms with van der Waals surface area (Å²) in [5.41, 5.74) is 2.73. The van der Waals surface area contributed by atoms with Crippen LogP contribution < -0.4 is 5.32 Å². The average molecular weight is 327 g/mol. The third-order valence-electron chi connectivity index (χ3n) is 4.25. The van der Waals surface area contributed by atoms with E-state index in [1.54, 1.807) is 12.5 Å². The van der Waals surface area contributed by atoms with Crippen molar-refractivity contribution in [2.45, 2.75) is 6.54 Å². The summed E-state index contributed by atoms with van der Waals surface area (Å²) in [4.78, 5) is 16.4. The number of nitrogens with one attached hydrogen (secondary N) is 1. The Kier molecular flexibility index (Phi) is 4.01. The van der Waals surface area contributed by atoms with Crippen LogP contribution in [0.25, 0.3) is 16.5 Å². The number of amides is 1. The summed E-state index contributed by atoms with van der Waals surface area (Å²) in [5, 5.41) is 5.35. The zero-order valence-corrected chi connectivity index (χ0v) is 13.6. The average Bonchev–Trinajstić information content (AvgIpc) is 3.21. The Balaban J connectivity index is 1.48. The lowest BCUT2D eigenvalue weighted by Gasteiger charge is -2.09. The van der Waals surface area contributed by atoms with E-state index in [0.717, 1.165) is 11.3 Å². The van der Waals surface area contributed by atoms with Gasteiger partial charge in [0.2, 0.25) is 0 Å². The monoisotopic (exact) mass is 327 g/mol. The predicted molar refractivity (Wildman–Crippen MR) is 98.7 cm³/mol. The molecule has 122 valence electrons. The van der Waals surface area contributed by atoms with Crippen LogP contribution in [0.3, 0.4) is 0 Å². The molecule has 1 heterocycles. The highest BCUT2D eigenvalue weighted by Crippen LogP contribution is 2.18. The summed E-state index contributed by atoms with van der Waals surface area (Å²) < 4.78 is 1.90. The van der Waals surface area contributed by atoms with Gasteiger partial charge in [0.05, 0.1) is 6.33 Å². The van der Waals surface area contributed by atoms with E-state index in [9.17, 15) is 4.79 Å². The van der Waals surface area contributed by atoms with Gasteiger partial charge in [-0.05, 0) is 40.6 Å². The minimum absolute atomic E-state index is 0.0786. The second-order valence-corrected chi connectivity index (χ2v) is 5.84. The Hall–Kier alpha value is -3.40. The van der Waals surface area contributed by atoms with Gasteiger partial charge in [-0.2, -0.15) is 0 Å². The second-order valence-electron chi connectivity index (χ2n) is 5.84. The normalized spacial score (nSPS) is 10.7. The highest BCUT2D eigenvalue weighted by Gasteiger charge is 2.07. The van der Waals surface area contributed by atoms with E-state index in [1.807, 2.05) is 59.3 Å². The number of carbonyl (C=O) groups excluding carboxylic acids is 1. The molecule has 0 aliphatic heterocycles. The lowest BCUT2D eigenvalue weighted by molar-refractivity contribution is 0.0951. The van der Waals surface area contributed by atoms with Crippen molar-refractivity contribution < 1.29 is 4.79 Å². The lowest BCUT2D eigenvalue weighted by Crippen LogP contribution is -2.22. The topological polar surface area (TPSA) is 46.9 Å². The lowest BCUT2D eigenvalue weighted by atomic mass is 10.0. The fourth-order valence-electron chi connectivity index (χ4n) is 2.92. The summed E-state index contributed by atoms with van der Waals surface area (Å²) in [6, 6.07) is 21.8. The molecule has 0 bridgehead atoms. The smallest absolute Gasteiger partial charge is 0.251 e. The molecule has 3 aromatic carbocycles. The Bertz CT molecular complexity index is 1000. The third kappa shape index (κ3) is 3.15. The number of fused-ring (bicyclic) bond motifs is 1. The number of carbonyl (C=O) groups is 1. The van der Waals surface area contributed by atoms with Gasteiger partial charge in [0.15, 0.2) is 0 Å². The Morgan fingerprint density at radius 3 is 2.56 bits per heavy atom. The number of nitrogens with zero attached hydrogens (tertiary/aromatic N) is 2. The van der Waals surface area contributed by atoms with Crippen LogP contribution in [0.15, 0.2) is 85.5 Å². The van der Waals surface area contributed by atoms with Crippen molar-refractivity contribution in [1.29, 1.82) is 0 Å². The van der Waals surface area contributed by atoms with E-state index in [4.69, 9.17) is 0 Å². The predicted octanol–water partition coefficient (Wildman–Crippen LogP) is 3.96. The van der Waals surface area contributed by atoms with Gasteiger partial charge in [0.1, 0.15) is 0 Å². The SMILES string of the molecule is O=C(NCc1cccc2ccccc12)c1ccc(-n2ccnc2)cc1. The maximum absolute atomic E-state index is 12.4. The van der Waals surface area contributed by atoms with E-state index in [1.165, 1.54) is 10.8 Å². The van der Waals surface area contributed by atoms with E-state index in [2.05, 4.69) is 28.5 Å². The van der Waals surface area contributed by atoms with Crippen LogP contribution in [-0.4, -0.2) is 15.5 Å². The molecule has 1 N–H and O–H groups in total. The number of hydrogen-bond acceptors (Lipinski definition) is 2. The molecule has 0 atom stereocenters. The molecular weight excluding hydrogens is 310 g/mol. The van der Waals surface area contributed by atoms with E-state index < -0.39 is 0 Å². The van der Waals surface area contributed by atoms with Crippen molar-refractivity contribution >= 4 is 16.7 Å². The summed E-state index contributed by atoms with van der Waals surface area (Å²) >= 11 is 0. The van der Waals surface area contributed by atoms with Crippen LogP contribution in [0.5, 0.6) is 0 Å². The molecule has 0 aliphatic rings. The zero-order chi connectivity index (χ0) is 17.1. The van der Waals surface area contributed by atoms with E-state index in [0.29, 0.717) is 12.1 Å². The van der Waals surface area contributed by atoms with Crippen LogP contribution >= 0.6 is 0 Å². The first-order chi connectivity index (χ1) is 12.3. The Morgan fingerprint density at radius 1 is 0.960 bits per heavy atom. The first kappa shape index (κ1) is 15.1. The maximum Gasteiger partial charge on any atom is 0.251 e. The van der Waals surface area contributed by atoms with Crippen molar-refractivity contribution in [3.8, 4) is 5.69 Å². The molecule has 0 aliphatic carbocycles. The van der Waals surface area contributed by atoms with Gasteiger partial charge in [-0.25, -0.2) is 4.98 Å².